The van der Waals surface area contributed by atoms with E-state index in [9.17, 15) is 13.2 Å². The Morgan fingerprint density at radius 3 is 2.33 bits per heavy atom. The predicted molar refractivity (Wildman–Crippen MR) is 130 cm³/mol. The van der Waals surface area contributed by atoms with Gasteiger partial charge in [0.1, 0.15) is 4.90 Å². The lowest BCUT2D eigenvalue weighted by Gasteiger charge is -2.35. The molecule has 0 saturated carbocycles. The van der Waals surface area contributed by atoms with Crippen molar-refractivity contribution in [2.24, 2.45) is 11.8 Å². The summed E-state index contributed by atoms with van der Waals surface area (Å²) in [5, 5.41) is 2.88. The summed E-state index contributed by atoms with van der Waals surface area (Å²) >= 11 is 0. The van der Waals surface area contributed by atoms with Crippen molar-refractivity contribution in [1.82, 2.24) is 14.6 Å². The number of amides is 1. The highest BCUT2D eigenvalue weighted by Crippen LogP contribution is 2.33. The van der Waals surface area contributed by atoms with Gasteiger partial charge in [0.25, 0.3) is 5.91 Å². The maximum absolute atomic E-state index is 13.7. The summed E-state index contributed by atoms with van der Waals surface area (Å²) in [6, 6.07) is 8.83. The SMILES string of the molecule is CC1CCN(c2ccc(C(=O)NCc3cccnc3)cc2S(=O)(=O)N2CCC(C)CC2)CC1. The van der Waals surface area contributed by atoms with Crippen molar-refractivity contribution in [3.63, 3.8) is 0 Å². The molecule has 2 aromatic rings. The number of benzene rings is 1. The number of hydrogen-bond donors (Lipinski definition) is 1. The molecule has 0 unspecified atom stereocenters. The van der Waals surface area contributed by atoms with Gasteiger partial charge in [-0.1, -0.05) is 19.9 Å². The molecule has 1 N–H and O–H groups in total. The van der Waals surface area contributed by atoms with E-state index < -0.39 is 10.0 Å². The second-order valence-electron chi connectivity index (χ2n) is 9.48. The molecule has 4 rings (SSSR count). The van der Waals surface area contributed by atoms with Crippen molar-refractivity contribution in [1.29, 1.82) is 0 Å². The molecule has 8 heteroatoms. The molecule has 1 amide bonds. The Morgan fingerprint density at radius 1 is 1.03 bits per heavy atom. The van der Waals surface area contributed by atoms with E-state index in [1.165, 1.54) is 0 Å². The zero-order valence-electron chi connectivity index (χ0n) is 19.5. The van der Waals surface area contributed by atoms with Crippen LogP contribution in [0, 0.1) is 11.8 Å². The maximum Gasteiger partial charge on any atom is 0.251 e. The normalized spacial score (nSPS) is 18.9. The van der Waals surface area contributed by atoms with Crippen LogP contribution in [0.1, 0.15) is 55.5 Å². The number of nitrogens with zero attached hydrogens (tertiary/aromatic N) is 3. The first-order valence-corrected chi connectivity index (χ1v) is 13.3. The third-order valence-electron chi connectivity index (χ3n) is 6.88. The van der Waals surface area contributed by atoms with Gasteiger partial charge in [-0.15, -0.1) is 0 Å². The standard InChI is InChI=1S/C25H34N4O3S/c1-19-7-12-28(13-8-19)23-6-5-22(25(30)27-18-21-4-3-11-26-17-21)16-24(23)33(31,32)29-14-9-20(2)10-15-29/h3-6,11,16-17,19-20H,7-10,12-15,18H2,1-2H3,(H,27,30). The Hall–Kier alpha value is -2.45. The van der Waals surface area contributed by atoms with Gasteiger partial charge in [0.15, 0.2) is 0 Å². The van der Waals surface area contributed by atoms with Gasteiger partial charge in [-0.2, -0.15) is 4.31 Å². The average Bonchev–Trinajstić information content (AvgIpc) is 2.83. The number of hydrogen-bond acceptors (Lipinski definition) is 5. The zero-order valence-corrected chi connectivity index (χ0v) is 20.4. The number of rotatable bonds is 6. The largest absolute Gasteiger partial charge is 0.370 e. The number of pyridine rings is 1. The first-order chi connectivity index (χ1) is 15.8. The van der Waals surface area contributed by atoms with Crippen LogP contribution in [0.5, 0.6) is 0 Å². The minimum absolute atomic E-state index is 0.251. The number of piperidine rings is 2. The topological polar surface area (TPSA) is 82.6 Å². The van der Waals surface area contributed by atoms with E-state index in [-0.39, 0.29) is 10.8 Å². The van der Waals surface area contributed by atoms with Crippen molar-refractivity contribution in [3.8, 4) is 0 Å². The zero-order chi connectivity index (χ0) is 23.4. The second kappa shape index (κ2) is 10.2. The molecule has 33 heavy (non-hydrogen) atoms. The molecule has 2 aliphatic heterocycles. The molecule has 1 aromatic heterocycles. The summed E-state index contributed by atoms with van der Waals surface area (Å²) in [4.78, 5) is 19.4. The number of carbonyl (C=O) groups is 1. The van der Waals surface area contributed by atoms with Crippen LogP contribution in [0.2, 0.25) is 0 Å². The average molecular weight is 471 g/mol. The Bertz CT molecular complexity index is 1060. The van der Waals surface area contributed by atoms with Crippen LogP contribution >= 0.6 is 0 Å². The molecule has 2 saturated heterocycles. The number of nitrogens with one attached hydrogen (secondary N) is 1. The highest BCUT2D eigenvalue weighted by Gasteiger charge is 2.32. The van der Waals surface area contributed by atoms with Crippen molar-refractivity contribution in [2.45, 2.75) is 51.0 Å². The monoisotopic (exact) mass is 470 g/mol. The minimum atomic E-state index is -3.70. The summed E-state index contributed by atoms with van der Waals surface area (Å²) in [5.41, 5.74) is 1.96. The van der Waals surface area contributed by atoms with Gasteiger partial charge in [-0.3, -0.25) is 9.78 Å². The summed E-state index contributed by atoms with van der Waals surface area (Å²) in [6.07, 6.45) is 7.18. The Labute approximate surface area is 197 Å². The van der Waals surface area contributed by atoms with E-state index in [1.54, 1.807) is 28.8 Å². The maximum atomic E-state index is 13.7. The summed E-state index contributed by atoms with van der Waals surface area (Å²) in [5.74, 6) is 0.882. The molecular weight excluding hydrogens is 436 g/mol. The van der Waals surface area contributed by atoms with Crippen molar-refractivity contribution >= 4 is 21.6 Å². The Kier molecular flexibility index (Phi) is 7.34. The number of sulfonamides is 1. The van der Waals surface area contributed by atoms with Crippen LogP contribution in [0.4, 0.5) is 5.69 Å². The lowest BCUT2D eigenvalue weighted by atomic mass is 9.98. The van der Waals surface area contributed by atoms with Crippen molar-refractivity contribution in [2.75, 3.05) is 31.1 Å². The molecule has 178 valence electrons. The minimum Gasteiger partial charge on any atom is -0.370 e. The molecule has 2 fully saturated rings. The third-order valence-corrected chi connectivity index (χ3v) is 8.81. The molecule has 3 heterocycles. The van der Waals surface area contributed by atoms with Gasteiger partial charge in [0.2, 0.25) is 10.0 Å². The number of aromatic nitrogens is 1. The molecule has 1 aromatic carbocycles. The molecule has 0 bridgehead atoms. The molecule has 0 atom stereocenters. The highest BCUT2D eigenvalue weighted by molar-refractivity contribution is 7.89. The van der Waals surface area contributed by atoms with Gasteiger partial charge < -0.3 is 10.2 Å². The quantitative estimate of drug-likeness (QED) is 0.697. The van der Waals surface area contributed by atoms with Crippen LogP contribution < -0.4 is 10.2 Å². The smallest absolute Gasteiger partial charge is 0.251 e. The summed E-state index contributed by atoms with van der Waals surface area (Å²) in [6.45, 7) is 7.44. The van der Waals surface area contributed by atoms with Crippen molar-refractivity contribution in [3.05, 3.63) is 53.9 Å². The van der Waals surface area contributed by atoms with Gasteiger partial charge in [-0.05, 0) is 67.3 Å². The van der Waals surface area contributed by atoms with E-state index in [2.05, 4.69) is 29.0 Å². The number of carbonyl (C=O) groups excluding carboxylic acids is 1. The van der Waals surface area contributed by atoms with Crippen LogP contribution in [-0.2, 0) is 16.6 Å². The van der Waals surface area contributed by atoms with Gasteiger partial charge >= 0.3 is 0 Å². The van der Waals surface area contributed by atoms with E-state index in [0.29, 0.717) is 42.7 Å². The van der Waals surface area contributed by atoms with Gasteiger partial charge in [-0.25, -0.2) is 8.42 Å². The summed E-state index contributed by atoms with van der Waals surface area (Å²) in [7, 11) is -3.70. The highest BCUT2D eigenvalue weighted by atomic mass is 32.2. The fourth-order valence-corrected chi connectivity index (χ4v) is 6.23. The molecule has 2 aliphatic rings. The molecular formula is C25H34N4O3S. The first-order valence-electron chi connectivity index (χ1n) is 11.9. The molecule has 7 nitrogen and oxygen atoms in total. The molecule has 0 radical (unpaired) electrons. The second-order valence-corrected chi connectivity index (χ2v) is 11.4. The third kappa shape index (κ3) is 5.55. The van der Waals surface area contributed by atoms with Crippen LogP contribution in [-0.4, -0.2) is 49.8 Å². The summed E-state index contributed by atoms with van der Waals surface area (Å²) < 4.78 is 29.1. The van der Waals surface area contributed by atoms with Crippen LogP contribution in [0.15, 0.2) is 47.6 Å². The predicted octanol–water partition coefficient (Wildman–Crippen LogP) is 3.67. The lowest BCUT2D eigenvalue weighted by molar-refractivity contribution is 0.0950. The van der Waals surface area contributed by atoms with Crippen LogP contribution in [0.3, 0.4) is 0 Å². The van der Waals surface area contributed by atoms with E-state index in [4.69, 9.17) is 0 Å². The van der Waals surface area contributed by atoms with Crippen molar-refractivity contribution < 1.29 is 13.2 Å². The van der Waals surface area contributed by atoms with E-state index in [1.807, 2.05) is 18.2 Å². The van der Waals surface area contributed by atoms with Gasteiger partial charge in [0, 0.05) is 50.7 Å². The van der Waals surface area contributed by atoms with E-state index in [0.717, 1.165) is 44.3 Å². The molecule has 0 aliphatic carbocycles. The molecule has 0 spiro atoms. The number of anilines is 1. The Balaban J connectivity index is 1.62. The van der Waals surface area contributed by atoms with Gasteiger partial charge in [0.05, 0.1) is 5.69 Å². The fourth-order valence-electron chi connectivity index (χ4n) is 4.52. The van der Waals surface area contributed by atoms with E-state index >= 15 is 0 Å². The first kappa shape index (κ1) is 23.7. The van der Waals surface area contributed by atoms with Crippen LogP contribution in [0.25, 0.3) is 0 Å². The lowest BCUT2D eigenvalue weighted by Crippen LogP contribution is -2.40. The Morgan fingerprint density at radius 2 is 1.70 bits per heavy atom. The fraction of sp³-hybridized carbons (Fsp3) is 0.520.